The van der Waals surface area contributed by atoms with Crippen LogP contribution in [0.5, 0.6) is 0 Å². The molecule has 1 fully saturated rings. The third-order valence-corrected chi connectivity index (χ3v) is 10.4. The van der Waals surface area contributed by atoms with Crippen molar-refractivity contribution < 1.29 is 17.4 Å². The van der Waals surface area contributed by atoms with Crippen LogP contribution in [0.3, 0.4) is 0 Å². The van der Waals surface area contributed by atoms with E-state index in [1.54, 1.807) is 4.31 Å². The van der Waals surface area contributed by atoms with Gasteiger partial charge in [0.25, 0.3) is 10.0 Å². The fourth-order valence-electron chi connectivity index (χ4n) is 5.85. The van der Waals surface area contributed by atoms with Crippen molar-refractivity contribution in [1.29, 1.82) is 0 Å². The van der Waals surface area contributed by atoms with E-state index < -0.39 is 15.6 Å². The Morgan fingerprint density at radius 1 is 1.03 bits per heavy atom. The number of sulfonamides is 1. The van der Waals surface area contributed by atoms with Crippen molar-refractivity contribution in [3.05, 3.63) is 35.4 Å². The molecule has 5 nitrogen and oxygen atoms in total. The first-order valence-electron chi connectivity index (χ1n) is 11.4. The molecule has 0 bridgehead atoms. The minimum atomic E-state index is -3.54. The van der Waals surface area contributed by atoms with Crippen LogP contribution >= 0.6 is 0 Å². The molecule has 2 aromatic carbocycles. The molecule has 0 unspecified atom stereocenters. The van der Waals surface area contributed by atoms with Gasteiger partial charge >= 0.3 is 0 Å². The zero-order valence-corrected chi connectivity index (χ0v) is 19.8. The van der Waals surface area contributed by atoms with E-state index in [2.05, 4.69) is 47.0 Å². The average molecular weight is 430 g/mol. The predicted molar refractivity (Wildman–Crippen MR) is 122 cm³/mol. The summed E-state index contributed by atoms with van der Waals surface area (Å²) in [6, 6.07) is 8.25. The van der Waals surface area contributed by atoms with Gasteiger partial charge in [-0.1, -0.05) is 26.0 Å². The maximum atomic E-state index is 13.8. The number of nitrogens with zero attached hydrogens (tertiary/aromatic N) is 3. The van der Waals surface area contributed by atoms with Crippen molar-refractivity contribution >= 4 is 26.5 Å². The van der Waals surface area contributed by atoms with Gasteiger partial charge in [-0.3, -0.25) is 4.31 Å². The fraction of sp³-hybridized carbons (Fsp3) is 0.583. The Balaban J connectivity index is 1.67. The molecule has 0 amide bonds. The van der Waals surface area contributed by atoms with Gasteiger partial charge in [-0.25, -0.2) is 8.42 Å². The van der Waals surface area contributed by atoms with Gasteiger partial charge in [-0.05, 0) is 37.3 Å². The topological polar surface area (TPSA) is 37.4 Å². The van der Waals surface area contributed by atoms with Crippen molar-refractivity contribution in [1.82, 2.24) is 0 Å². The number of rotatable bonds is 3. The molecule has 1 saturated heterocycles. The number of likely N-dealkylation sites (N-methyl/N-ethyl adjacent to an activating group) is 1. The van der Waals surface area contributed by atoms with Gasteiger partial charge in [0.15, 0.2) is 0 Å². The van der Waals surface area contributed by atoms with Crippen LogP contribution in [0.25, 0.3) is 10.8 Å². The quantitative estimate of drug-likeness (QED) is 0.695. The normalized spacial score (nSPS) is 23.3. The van der Waals surface area contributed by atoms with E-state index >= 15 is 0 Å². The van der Waals surface area contributed by atoms with Crippen LogP contribution in [0.15, 0.2) is 29.2 Å². The van der Waals surface area contributed by atoms with Gasteiger partial charge in [-0.2, -0.15) is 0 Å². The van der Waals surface area contributed by atoms with Crippen molar-refractivity contribution in [2.75, 3.05) is 44.6 Å². The molecule has 0 atom stereocenters. The molecular weight excluding hydrogens is 394 g/mol. The van der Waals surface area contributed by atoms with E-state index in [0.29, 0.717) is 4.90 Å². The Bertz CT molecular complexity index is 1140. The van der Waals surface area contributed by atoms with Crippen LogP contribution in [-0.4, -0.2) is 63.2 Å². The first-order chi connectivity index (χ1) is 14.1. The highest BCUT2D eigenvalue weighted by molar-refractivity contribution is 7.93. The Morgan fingerprint density at radius 2 is 1.70 bits per heavy atom. The number of fused-ring (bicyclic) bond motifs is 2. The summed E-state index contributed by atoms with van der Waals surface area (Å²) in [7, 11) is 1.09. The van der Waals surface area contributed by atoms with Crippen molar-refractivity contribution in [2.24, 2.45) is 0 Å². The van der Waals surface area contributed by atoms with Crippen LogP contribution in [0, 0.1) is 0 Å². The first kappa shape index (κ1) is 20.3. The van der Waals surface area contributed by atoms with Gasteiger partial charge < -0.3 is 8.97 Å². The van der Waals surface area contributed by atoms with Gasteiger partial charge in [-0.15, -0.1) is 0 Å². The monoisotopic (exact) mass is 429 g/mol. The first-order valence-corrected chi connectivity index (χ1v) is 12.8. The largest absolute Gasteiger partial charge is 0.319 e. The molecule has 3 aliphatic heterocycles. The lowest BCUT2D eigenvalue weighted by atomic mass is 9.93. The summed E-state index contributed by atoms with van der Waals surface area (Å²) in [4.78, 5) is 0.535. The Morgan fingerprint density at radius 3 is 2.33 bits per heavy atom. The van der Waals surface area contributed by atoms with Crippen LogP contribution < -0.4 is 4.31 Å². The summed E-state index contributed by atoms with van der Waals surface area (Å²) < 4.78 is 31.5. The molecule has 0 aromatic heterocycles. The van der Waals surface area contributed by atoms with Crippen LogP contribution in [0.4, 0.5) is 5.69 Å². The number of quaternary nitrogens is 2. The second-order valence-corrected chi connectivity index (χ2v) is 12.4. The van der Waals surface area contributed by atoms with E-state index in [0.717, 1.165) is 51.4 Å². The number of hydrogen-bond donors (Lipinski definition) is 0. The zero-order valence-electron chi connectivity index (χ0n) is 19.0. The van der Waals surface area contributed by atoms with Gasteiger partial charge in [0.1, 0.15) is 39.3 Å². The lowest BCUT2D eigenvalue weighted by molar-refractivity contribution is -1.03. The SMILES string of the molecule is CCC(C)(CC)N1c2cccc3c4c(cc(c23)S1(=O)=O)C[N+]1(CC[N+](C)(C)CC1)C4. The summed E-state index contributed by atoms with van der Waals surface area (Å²) in [6.07, 6.45) is 1.59. The van der Waals surface area contributed by atoms with Crippen LogP contribution in [0.2, 0.25) is 0 Å². The molecule has 3 heterocycles. The van der Waals surface area contributed by atoms with Crippen molar-refractivity contribution in [3.8, 4) is 0 Å². The van der Waals surface area contributed by atoms with Gasteiger partial charge in [0, 0.05) is 16.5 Å². The van der Waals surface area contributed by atoms with E-state index in [4.69, 9.17) is 0 Å². The van der Waals surface area contributed by atoms with Gasteiger partial charge in [0.2, 0.25) is 0 Å². The third kappa shape index (κ3) is 2.63. The second kappa shape index (κ2) is 6.21. The molecule has 0 saturated carbocycles. The molecule has 0 radical (unpaired) electrons. The summed E-state index contributed by atoms with van der Waals surface area (Å²) in [5.74, 6) is 0. The van der Waals surface area contributed by atoms with E-state index in [1.165, 1.54) is 37.3 Å². The fourth-order valence-corrected chi connectivity index (χ4v) is 8.06. The van der Waals surface area contributed by atoms with E-state index in [1.807, 2.05) is 12.1 Å². The molecule has 0 aliphatic carbocycles. The summed E-state index contributed by atoms with van der Waals surface area (Å²) >= 11 is 0. The zero-order chi connectivity index (χ0) is 21.5. The van der Waals surface area contributed by atoms with Crippen LogP contribution in [-0.2, 0) is 23.1 Å². The summed E-state index contributed by atoms with van der Waals surface area (Å²) in [5, 5.41) is 2.12. The second-order valence-electron chi connectivity index (χ2n) is 10.7. The maximum Gasteiger partial charge on any atom is 0.265 e. The highest BCUT2D eigenvalue weighted by atomic mass is 32.2. The summed E-state index contributed by atoms with van der Waals surface area (Å²) in [5.41, 5.74) is 3.11. The number of benzene rings is 2. The number of hydrogen-bond acceptors (Lipinski definition) is 2. The Hall–Kier alpha value is -1.63. The standard InChI is InChI=1S/C24H35N3O2S/c1-6-24(3,7-2)25-21-10-8-9-19-20-17-27(13-11-26(4,5)12-14-27)16-18(20)15-22(23(19)21)30(25,28)29/h8-10,15H,6-7,11-14,16-17H2,1-5H3/q+2. The molecular formula is C24H35N3O2S+2. The highest BCUT2D eigenvalue weighted by Crippen LogP contribution is 2.50. The van der Waals surface area contributed by atoms with E-state index in [9.17, 15) is 8.42 Å². The lowest BCUT2D eigenvalue weighted by Crippen LogP contribution is -2.61. The molecule has 30 heavy (non-hydrogen) atoms. The number of piperazine rings is 1. The highest BCUT2D eigenvalue weighted by Gasteiger charge is 2.48. The maximum absolute atomic E-state index is 13.8. The van der Waals surface area contributed by atoms with Gasteiger partial charge in [0.05, 0.1) is 30.2 Å². The van der Waals surface area contributed by atoms with Crippen LogP contribution in [0.1, 0.15) is 44.7 Å². The predicted octanol–water partition coefficient (Wildman–Crippen LogP) is 3.85. The van der Waals surface area contributed by atoms with Crippen molar-refractivity contribution in [2.45, 2.75) is 57.1 Å². The minimum absolute atomic E-state index is 0.402. The van der Waals surface area contributed by atoms with E-state index in [-0.39, 0.29) is 0 Å². The lowest BCUT2D eigenvalue weighted by Gasteiger charge is -2.44. The smallest absolute Gasteiger partial charge is 0.265 e. The third-order valence-electron chi connectivity index (χ3n) is 8.42. The molecule has 5 rings (SSSR count). The summed E-state index contributed by atoms with van der Waals surface area (Å²) in [6.45, 7) is 13.0. The molecule has 1 spiro atoms. The average Bonchev–Trinajstić information content (AvgIpc) is 3.19. The molecule has 6 heteroatoms. The molecule has 2 aromatic rings. The molecule has 162 valence electrons. The van der Waals surface area contributed by atoms with Crippen molar-refractivity contribution in [3.63, 3.8) is 0 Å². The molecule has 0 N–H and O–H groups in total. The number of anilines is 1. The Labute approximate surface area is 181 Å². The minimum Gasteiger partial charge on any atom is -0.319 e. The molecule has 3 aliphatic rings. The Kier molecular flexibility index (Phi) is 4.20.